The van der Waals surface area contributed by atoms with E-state index in [0.29, 0.717) is 12.1 Å². The van der Waals surface area contributed by atoms with Crippen molar-refractivity contribution < 1.29 is 0 Å². The molecule has 0 radical (unpaired) electrons. The zero-order valence-electron chi connectivity index (χ0n) is 8.50. The van der Waals surface area contributed by atoms with Crippen molar-refractivity contribution >= 4 is 0 Å². The van der Waals surface area contributed by atoms with Crippen molar-refractivity contribution in [1.82, 2.24) is 4.90 Å². The number of hydrogen-bond acceptors (Lipinski definition) is 2. The molecule has 0 amide bonds. The SMILES string of the molecule is C#CCCN1C(C)CCCC1CN. The molecule has 2 nitrogen and oxygen atoms in total. The van der Waals surface area contributed by atoms with Gasteiger partial charge in [-0.1, -0.05) is 6.42 Å². The zero-order chi connectivity index (χ0) is 9.68. The minimum atomic E-state index is 0.567. The van der Waals surface area contributed by atoms with Crippen LogP contribution in [0.25, 0.3) is 0 Å². The molecule has 0 aliphatic carbocycles. The van der Waals surface area contributed by atoms with Crippen LogP contribution in [-0.2, 0) is 0 Å². The van der Waals surface area contributed by atoms with Crippen LogP contribution in [0.15, 0.2) is 0 Å². The average molecular weight is 180 g/mol. The van der Waals surface area contributed by atoms with Crippen molar-refractivity contribution in [2.45, 2.75) is 44.7 Å². The van der Waals surface area contributed by atoms with Crippen molar-refractivity contribution in [3.8, 4) is 12.3 Å². The lowest BCUT2D eigenvalue weighted by Gasteiger charge is -2.39. The van der Waals surface area contributed by atoms with Gasteiger partial charge in [-0.2, -0.15) is 0 Å². The van der Waals surface area contributed by atoms with Gasteiger partial charge >= 0.3 is 0 Å². The molecule has 74 valence electrons. The Morgan fingerprint density at radius 2 is 2.31 bits per heavy atom. The highest BCUT2D eigenvalue weighted by atomic mass is 15.2. The lowest BCUT2D eigenvalue weighted by molar-refractivity contribution is 0.100. The van der Waals surface area contributed by atoms with Gasteiger partial charge in [0.15, 0.2) is 0 Å². The first-order valence-corrected chi connectivity index (χ1v) is 5.19. The number of likely N-dealkylation sites (tertiary alicyclic amines) is 1. The van der Waals surface area contributed by atoms with Crippen LogP contribution in [0.5, 0.6) is 0 Å². The van der Waals surface area contributed by atoms with Crippen molar-refractivity contribution in [3.05, 3.63) is 0 Å². The van der Waals surface area contributed by atoms with E-state index in [-0.39, 0.29) is 0 Å². The zero-order valence-corrected chi connectivity index (χ0v) is 8.50. The Morgan fingerprint density at radius 1 is 1.54 bits per heavy atom. The van der Waals surface area contributed by atoms with Gasteiger partial charge < -0.3 is 5.73 Å². The minimum absolute atomic E-state index is 0.567. The molecule has 0 spiro atoms. The molecule has 2 N–H and O–H groups in total. The van der Waals surface area contributed by atoms with Crippen LogP contribution in [-0.4, -0.2) is 30.1 Å². The third-order valence-corrected chi connectivity index (χ3v) is 2.98. The standard InChI is InChI=1S/C11H20N2/c1-3-4-8-13-10(2)6-5-7-11(13)9-12/h1,10-11H,4-9,12H2,2H3. The predicted molar refractivity (Wildman–Crippen MR) is 56.3 cm³/mol. The maximum absolute atomic E-state index is 5.73. The first kappa shape index (κ1) is 10.6. The molecule has 0 aromatic rings. The van der Waals surface area contributed by atoms with Crippen molar-refractivity contribution in [2.24, 2.45) is 5.73 Å². The van der Waals surface area contributed by atoms with Crippen LogP contribution in [0.1, 0.15) is 32.6 Å². The fraction of sp³-hybridized carbons (Fsp3) is 0.818. The van der Waals surface area contributed by atoms with E-state index in [1.807, 2.05) is 0 Å². The molecular weight excluding hydrogens is 160 g/mol. The Bertz CT molecular complexity index is 183. The summed E-state index contributed by atoms with van der Waals surface area (Å²) in [6.45, 7) is 4.06. The molecule has 0 aromatic heterocycles. The van der Waals surface area contributed by atoms with Crippen LogP contribution in [0.4, 0.5) is 0 Å². The van der Waals surface area contributed by atoms with Gasteiger partial charge in [-0.25, -0.2) is 0 Å². The second kappa shape index (κ2) is 5.26. The molecular formula is C11H20N2. The lowest BCUT2D eigenvalue weighted by Crippen LogP contribution is -2.49. The number of piperidine rings is 1. The van der Waals surface area contributed by atoms with E-state index in [4.69, 9.17) is 12.2 Å². The van der Waals surface area contributed by atoms with E-state index < -0.39 is 0 Å². The van der Waals surface area contributed by atoms with Gasteiger partial charge in [0.1, 0.15) is 0 Å². The molecule has 1 rings (SSSR count). The number of hydrogen-bond donors (Lipinski definition) is 1. The van der Waals surface area contributed by atoms with Crippen molar-refractivity contribution in [1.29, 1.82) is 0 Å². The van der Waals surface area contributed by atoms with Crippen molar-refractivity contribution in [2.75, 3.05) is 13.1 Å². The minimum Gasteiger partial charge on any atom is -0.329 e. The maximum Gasteiger partial charge on any atom is 0.0221 e. The second-order valence-corrected chi connectivity index (χ2v) is 3.86. The normalized spacial score (nSPS) is 29.9. The third kappa shape index (κ3) is 2.72. The summed E-state index contributed by atoms with van der Waals surface area (Å²) in [4.78, 5) is 2.48. The van der Waals surface area contributed by atoms with E-state index in [1.165, 1.54) is 19.3 Å². The summed E-state index contributed by atoms with van der Waals surface area (Å²) in [5.41, 5.74) is 5.73. The van der Waals surface area contributed by atoms with Crippen LogP contribution in [0.2, 0.25) is 0 Å². The van der Waals surface area contributed by atoms with Gasteiger partial charge in [-0.3, -0.25) is 4.90 Å². The van der Waals surface area contributed by atoms with Gasteiger partial charge in [0.05, 0.1) is 0 Å². The first-order valence-electron chi connectivity index (χ1n) is 5.19. The first-order chi connectivity index (χ1) is 6.29. The van der Waals surface area contributed by atoms with Gasteiger partial charge in [0, 0.05) is 31.6 Å². The fourth-order valence-corrected chi connectivity index (χ4v) is 2.19. The molecule has 0 saturated carbocycles. The van der Waals surface area contributed by atoms with Crippen molar-refractivity contribution in [3.63, 3.8) is 0 Å². The summed E-state index contributed by atoms with van der Waals surface area (Å²) < 4.78 is 0. The van der Waals surface area contributed by atoms with E-state index in [2.05, 4.69) is 17.7 Å². The highest BCUT2D eigenvalue weighted by Crippen LogP contribution is 2.21. The number of terminal acetylenes is 1. The van der Waals surface area contributed by atoms with E-state index in [0.717, 1.165) is 19.5 Å². The molecule has 1 aliphatic heterocycles. The largest absolute Gasteiger partial charge is 0.329 e. The van der Waals surface area contributed by atoms with Gasteiger partial charge in [-0.05, 0) is 19.8 Å². The maximum atomic E-state index is 5.73. The lowest BCUT2D eigenvalue weighted by atomic mass is 9.96. The van der Waals surface area contributed by atoms with Gasteiger partial charge in [0.25, 0.3) is 0 Å². The molecule has 13 heavy (non-hydrogen) atoms. The highest BCUT2D eigenvalue weighted by molar-refractivity contribution is 4.89. The number of nitrogens with zero attached hydrogens (tertiary/aromatic N) is 1. The summed E-state index contributed by atoms with van der Waals surface area (Å²) in [5.74, 6) is 2.70. The number of rotatable bonds is 3. The molecule has 1 heterocycles. The molecule has 0 bridgehead atoms. The van der Waals surface area contributed by atoms with Gasteiger partial charge in [0.2, 0.25) is 0 Å². The highest BCUT2D eigenvalue weighted by Gasteiger charge is 2.25. The topological polar surface area (TPSA) is 29.3 Å². The quantitative estimate of drug-likeness (QED) is 0.662. The van der Waals surface area contributed by atoms with Crippen LogP contribution >= 0.6 is 0 Å². The summed E-state index contributed by atoms with van der Waals surface area (Å²) in [5, 5.41) is 0. The Morgan fingerprint density at radius 3 is 2.92 bits per heavy atom. The Hall–Kier alpha value is -0.520. The number of nitrogens with two attached hydrogens (primary N) is 1. The van der Waals surface area contributed by atoms with E-state index >= 15 is 0 Å². The third-order valence-electron chi connectivity index (χ3n) is 2.98. The molecule has 2 heteroatoms. The van der Waals surface area contributed by atoms with Crippen LogP contribution < -0.4 is 5.73 Å². The molecule has 1 saturated heterocycles. The molecule has 2 unspecified atom stereocenters. The van der Waals surface area contributed by atoms with Crippen LogP contribution in [0.3, 0.4) is 0 Å². The average Bonchev–Trinajstić information content (AvgIpc) is 2.15. The van der Waals surface area contributed by atoms with Gasteiger partial charge in [-0.15, -0.1) is 12.3 Å². The predicted octanol–water partition coefficient (Wildman–Crippen LogP) is 1.21. The summed E-state index contributed by atoms with van der Waals surface area (Å²) >= 11 is 0. The molecule has 0 aromatic carbocycles. The van der Waals surface area contributed by atoms with Crippen LogP contribution in [0, 0.1) is 12.3 Å². The summed E-state index contributed by atoms with van der Waals surface area (Å²) in [6, 6.07) is 1.23. The smallest absolute Gasteiger partial charge is 0.0221 e. The fourth-order valence-electron chi connectivity index (χ4n) is 2.19. The monoisotopic (exact) mass is 180 g/mol. The second-order valence-electron chi connectivity index (χ2n) is 3.86. The molecule has 1 aliphatic rings. The van der Waals surface area contributed by atoms with E-state index in [1.54, 1.807) is 0 Å². The Balaban J connectivity index is 2.47. The summed E-state index contributed by atoms with van der Waals surface area (Å²) in [6.07, 6.45) is 9.97. The Kier molecular flexibility index (Phi) is 4.27. The molecule has 2 atom stereocenters. The molecule has 1 fully saturated rings. The summed E-state index contributed by atoms with van der Waals surface area (Å²) in [7, 11) is 0. The Labute approximate surface area is 81.5 Å². The van der Waals surface area contributed by atoms with E-state index in [9.17, 15) is 0 Å².